The van der Waals surface area contributed by atoms with Crippen LogP contribution in [0.1, 0.15) is 44.5 Å². The molecule has 122 valence electrons. The van der Waals surface area contributed by atoms with Gasteiger partial charge < -0.3 is 10.2 Å². The molecule has 1 aromatic heterocycles. The third-order valence-corrected chi connectivity index (χ3v) is 4.44. The van der Waals surface area contributed by atoms with Crippen molar-refractivity contribution in [2.24, 2.45) is 0 Å². The van der Waals surface area contributed by atoms with Crippen molar-refractivity contribution in [3.8, 4) is 0 Å². The van der Waals surface area contributed by atoms with Gasteiger partial charge in [-0.15, -0.1) is 10.2 Å². The van der Waals surface area contributed by atoms with Crippen LogP contribution in [0.3, 0.4) is 0 Å². The zero-order valence-electron chi connectivity index (χ0n) is 13.1. The number of hydrogen-bond donors (Lipinski definition) is 2. The van der Waals surface area contributed by atoms with Gasteiger partial charge in [0.2, 0.25) is 11.0 Å². The Morgan fingerprint density at radius 2 is 2.23 bits per heavy atom. The number of anilines is 1. The zero-order valence-corrected chi connectivity index (χ0v) is 13.9. The van der Waals surface area contributed by atoms with Gasteiger partial charge in [0.1, 0.15) is 5.01 Å². The van der Waals surface area contributed by atoms with Crippen molar-refractivity contribution in [3.63, 3.8) is 0 Å². The molecule has 0 saturated carbocycles. The maximum absolute atomic E-state index is 12.3. The van der Waals surface area contributed by atoms with Crippen LogP contribution in [0.2, 0.25) is 0 Å². The smallest absolute Gasteiger partial charge is 0.323 e. The van der Waals surface area contributed by atoms with E-state index >= 15 is 0 Å². The Labute approximate surface area is 134 Å². The molecule has 1 aliphatic rings. The summed E-state index contributed by atoms with van der Waals surface area (Å²) in [6, 6.07) is -0.139. The third kappa shape index (κ3) is 4.94. The first kappa shape index (κ1) is 16.7. The fourth-order valence-corrected chi connectivity index (χ4v) is 3.24. The van der Waals surface area contributed by atoms with E-state index in [1.54, 1.807) is 4.90 Å². The summed E-state index contributed by atoms with van der Waals surface area (Å²) >= 11 is 1.43. The summed E-state index contributed by atoms with van der Waals surface area (Å²) in [7, 11) is 0. The first-order chi connectivity index (χ1) is 10.6. The molecule has 1 fully saturated rings. The van der Waals surface area contributed by atoms with Gasteiger partial charge in [-0.2, -0.15) is 0 Å². The van der Waals surface area contributed by atoms with Crippen molar-refractivity contribution in [1.82, 2.24) is 20.4 Å². The van der Waals surface area contributed by atoms with Crippen molar-refractivity contribution in [2.75, 3.05) is 18.4 Å². The standard InChI is InChI=1S/C14H23N5O2S/c1-3-4-7-12-17-18-13(22-12)16-14(21)19-8-5-6-11(9-19)15-10(2)20/h11H,3-9H2,1-2H3,(H,15,20)(H,16,18,21). The fraction of sp³-hybridized carbons (Fsp3) is 0.714. The van der Waals surface area contributed by atoms with Crippen LogP contribution in [0.4, 0.5) is 9.93 Å². The van der Waals surface area contributed by atoms with Gasteiger partial charge in [0.05, 0.1) is 0 Å². The van der Waals surface area contributed by atoms with E-state index in [-0.39, 0.29) is 18.0 Å². The minimum atomic E-state index is -0.173. The Morgan fingerprint density at radius 1 is 1.41 bits per heavy atom. The lowest BCUT2D eigenvalue weighted by Crippen LogP contribution is -2.50. The summed E-state index contributed by atoms with van der Waals surface area (Å²) in [5.74, 6) is -0.0584. The van der Waals surface area contributed by atoms with Gasteiger partial charge in [0.25, 0.3) is 0 Å². The van der Waals surface area contributed by atoms with Crippen LogP contribution in [0.15, 0.2) is 0 Å². The van der Waals surface area contributed by atoms with Gasteiger partial charge in [-0.1, -0.05) is 24.7 Å². The minimum Gasteiger partial charge on any atom is -0.352 e. The Morgan fingerprint density at radius 3 is 2.95 bits per heavy atom. The van der Waals surface area contributed by atoms with Crippen LogP contribution in [0, 0.1) is 0 Å². The second-order valence-corrected chi connectivity index (χ2v) is 6.58. The number of aromatic nitrogens is 2. The van der Waals surface area contributed by atoms with Crippen LogP contribution in [-0.2, 0) is 11.2 Å². The molecular formula is C14H23N5O2S. The molecule has 1 unspecified atom stereocenters. The fourth-order valence-electron chi connectivity index (χ4n) is 2.47. The number of aryl methyl sites for hydroxylation is 1. The van der Waals surface area contributed by atoms with E-state index in [0.29, 0.717) is 18.2 Å². The van der Waals surface area contributed by atoms with Crippen molar-refractivity contribution in [2.45, 2.75) is 52.0 Å². The second-order valence-electron chi connectivity index (χ2n) is 5.52. The predicted octanol–water partition coefficient (Wildman–Crippen LogP) is 2.01. The highest BCUT2D eigenvalue weighted by molar-refractivity contribution is 7.15. The minimum absolute atomic E-state index is 0.0338. The van der Waals surface area contributed by atoms with E-state index in [4.69, 9.17) is 0 Å². The van der Waals surface area contributed by atoms with Crippen molar-refractivity contribution >= 4 is 28.4 Å². The summed E-state index contributed by atoms with van der Waals surface area (Å²) in [6.45, 7) is 4.86. The Bertz CT molecular complexity index is 519. The lowest BCUT2D eigenvalue weighted by molar-refractivity contribution is -0.119. The summed E-state index contributed by atoms with van der Waals surface area (Å²) < 4.78 is 0. The van der Waals surface area contributed by atoms with E-state index in [0.717, 1.165) is 37.1 Å². The van der Waals surface area contributed by atoms with E-state index in [1.807, 2.05) is 0 Å². The van der Waals surface area contributed by atoms with E-state index in [2.05, 4.69) is 27.8 Å². The van der Waals surface area contributed by atoms with Gasteiger partial charge >= 0.3 is 6.03 Å². The number of amides is 3. The van der Waals surface area contributed by atoms with E-state index in [1.165, 1.54) is 18.3 Å². The molecule has 0 radical (unpaired) electrons. The molecule has 2 heterocycles. The zero-order chi connectivity index (χ0) is 15.9. The molecule has 1 aliphatic heterocycles. The number of unbranched alkanes of at least 4 members (excludes halogenated alkanes) is 1. The quantitative estimate of drug-likeness (QED) is 0.867. The number of piperidine rings is 1. The predicted molar refractivity (Wildman–Crippen MR) is 86.0 cm³/mol. The summed E-state index contributed by atoms with van der Waals surface area (Å²) in [5, 5.41) is 15.3. The third-order valence-electron chi connectivity index (χ3n) is 3.54. The second kappa shape index (κ2) is 8.07. The molecule has 0 aliphatic carbocycles. The number of likely N-dealkylation sites (tertiary alicyclic amines) is 1. The SMILES string of the molecule is CCCCc1nnc(NC(=O)N2CCCC(NC(C)=O)C2)s1. The lowest BCUT2D eigenvalue weighted by atomic mass is 10.1. The maximum Gasteiger partial charge on any atom is 0.323 e. The van der Waals surface area contributed by atoms with Crippen molar-refractivity contribution in [3.05, 3.63) is 5.01 Å². The van der Waals surface area contributed by atoms with Crippen molar-refractivity contribution in [1.29, 1.82) is 0 Å². The first-order valence-corrected chi connectivity index (χ1v) is 8.55. The van der Waals surface area contributed by atoms with Gasteiger partial charge in [-0.3, -0.25) is 10.1 Å². The number of carbonyl (C=O) groups is 2. The lowest BCUT2D eigenvalue weighted by Gasteiger charge is -2.32. The molecule has 2 rings (SSSR count). The number of hydrogen-bond acceptors (Lipinski definition) is 5. The number of urea groups is 1. The highest BCUT2D eigenvalue weighted by Gasteiger charge is 2.24. The molecular weight excluding hydrogens is 302 g/mol. The van der Waals surface area contributed by atoms with E-state index < -0.39 is 0 Å². The molecule has 1 atom stereocenters. The van der Waals surface area contributed by atoms with Crippen LogP contribution in [0.5, 0.6) is 0 Å². The Hall–Kier alpha value is -1.70. The molecule has 22 heavy (non-hydrogen) atoms. The molecule has 1 aromatic rings. The Kier molecular flexibility index (Phi) is 6.11. The molecule has 0 bridgehead atoms. The number of nitrogens with zero attached hydrogens (tertiary/aromatic N) is 3. The van der Waals surface area contributed by atoms with Crippen molar-refractivity contribution < 1.29 is 9.59 Å². The van der Waals surface area contributed by atoms with Crippen LogP contribution in [-0.4, -0.2) is 46.2 Å². The van der Waals surface area contributed by atoms with Gasteiger partial charge in [0, 0.05) is 32.5 Å². The van der Waals surface area contributed by atoms with Crippen LogP contribution >= 0.6 is 11.3 Å². The van der Waals surface area contributed by atoms with Crippen LogP contribution in [0.25, 0.3) is 0 Å². The average Bonchev–Trinajstić information content (AvgIpc) is 2.92. The van der Waals surface area contributed by atoms with Gasteiger partial charge in [0.15, 0.2) is 0 Å². The maximum atomic E-state index is 12.3. The molecule has 3 amide bonds. The van der Waals surface area contributed by atoms with Gasteiger partial charge in [-0.05, 0) is 19.3 Å². The number of nitrogens with one attached hydrogen (secondary N) is 2. The summed E-state index contributed by atoms with van der Waals surface area (Å²) in [6.07, 6.45) is 4.88. The molecule has 1 saturated heterocycles. The number of carbonyl (C=O) groups excluding carboxylic acids is 2. The summed E-state index contributed by atoms with van der Waals surface area (Å²) in [4.78, 5) is 25.1. The molecule has 0 aromatic carbocycles. The number of rotatable bonds is 5. The Balaban J connectivity index is 1.85. The molecule has 2 N–H and O–H groups in total. The largest absolute Gasteiger partial charge is 0.352 e. The highest BCUT2D eigenvalue weighted by Crippen LogP contribution is 2.18. The molecule has 0 spiro atoms. The van der Waals surface area contributed by atoms with Crippen LogP contribution < -0.4 is 10.6 Å². The molecule has 7 nitrogen and oxygen atoms in total. The molecule has 8 heteroatoms. The monoisotopic (exact) mass is 325 g/mol. The first-order valence-electron chi connectivity index (χ1n) is 7.74. The van der Waals surface area contributed by atoms with E-state index in [9.17, 15) is 9.59 Å². The summed E-state index contributed by atoms with van der Waals surface area (Å²) in [5.41, 5.74) is 0. The van der Waals surface area contributed by atoms with Gasteiger partial charge in [-0.25, -0.2) is 4.79 Å². The normalized spacial score (nSPS) is 18.1. The average molecular weight is 325 g/mol. The topological polar surface area (TPSA) is 87.2 Å². The highest BCUT2D eigenvalue weighted by atomic mass is 32.1.